The highest BCUT2D eigenvalue weighted by molar-refractivity contribution is 7.13. The molecular formula is C14H18N4OS. The lowest BCUT2D eigenvalue weighted by Crippen LogP contribution is -2.46. The summed E-state index contributed by atoms with van der Waals surface area (Å²) in [4.78, 5) is 8.99. The number of thiazole rings is 1. The van der Waals surface area contributed by atoms with Crippen molar-refractivity contribution >= 4 is 27.8 Å². The molecule has 1 aromatic carbocycles. The molecule has 1 fully saturated rings. The van der Waals surface area contributed by atoms with E-state index in [1.165, 1.54) is 0 Å². The van der Waals surface area contributed by atoms with Crippen molar-refractivity contribution in [2.75, 3.05) is 48.8 Å². The van der Waals surface area contributed by atoms with Crippen LogP contribution in [0.5, 0.6) is 5.75 Å². The molecule has 5 nitrogen and oxygen atoms in total. The molecule has 0 amide bonds. The number of benzene rings is 1. The molecule has 0 aliphatic carbocycles. The van der Waals surface area contributed by atoms with E-state index in [1.54, 1.807) is 18.4 Å². The van der Waals surface area contributed by atoms with Crippen LogP contribution in [0, 0.1) is 0 Å². The van der Waals surface area contributed by atoms with Crippen molar-refractivity contribution < 1.29 is 4.74 Å². The van der Waals surface area contributed by atoms with Crippen molar-refractivity contribution in [2.45, 2.75) is 0 Å². The van der Waals surface area contributed by atoms with Crippen molar-refractivity contribution in [3.63, 3.8) is 0 Å². The van der Waals surface area contributed by atoms with Crippen LogP contribution in [0.3, 0.4) is 0 Å². The van der Waals surface area contributed by atoms with Crippen molar-refractivity contribution in [2.24, 2.45) is 0 Å². The van der Waals surface area contributed by atoms with Crippen LogP contribution in [-0.2, 0) is 0 Å². The lowest BCUT2D eigenvalue weighted by atomic mass is 10.2. The average Bonchev–Trinajstić information content (AvgIpc) is 3.02. The Morgan fingerprint density at radius 2 is 1.95 bits per heavy atom. The van der Waals surface area contributed by atoms with E-state index in [-0.39, 0.29) is 0 Å². The second-order valence-corrected chi connectivity index (χ2v) is 5.55. The van der Waals surface area contributed by atoms with Gasteiger partial charge in [-0.25, -0.2) is 4.98 Å². The third kappa shape index (κ3) is 2.38. The van der Waals surface area contributed by atoms with Gasteiger partial charge in [0.25, 0.3) is 0 Å². The fraction of sp³-hybridized carbons (Fsp3) is 0.357. The molecule has 1 aliphatic rings. The van der Waals surface area contributed by atoms with Gasteiger partial charge in [0.05, 0.1) is 18.5 Å². The Balaban J connectivity index is 1.72. The van der Waals surface area contributed by atoms with Crippen LogP contribution in [0.4, 0.5) is 16.5 Å². The Bertz CT molecular complexity index is 565. The fourth-order valence-corrected chi connectivity index (χ4v) is 3.19. The first-order valence-electron chi connectivity index (χ1n) is 6.61. The van der Waals surface area contributed by atoms with E-state index in [9.17, 15) is 0 Å². The summed E-state index contributed by atoms with van der Waals surface area (Å²) in [6, 6.07) is 5.93. The smallest absolute Gasteiger partial charge is 0.185 e. The van der Waals surface area contributed by atoms with Gasteiger partial charge < -0.3 is 20.3 Å². The number of ether oxygens (including phenoxy) is 1. The number of para-hydroxylation sites is 1. The van der Waals surface area contributed by atoms with Crippen molar-refractivity contribution in [3.05, 3.63) is 29.8 Å². The number of rotatable bonds is 3. The van der Waals surface area contributed by atoms with Crippen LogP contribution in [0.15, 0.2) is 29.8 Å². The molecule has 0 atom stereocenters. The minimum Gasteiger partial charge on any atom is -0.495 e. The summed E-state index contributed by atoms with van der Waals surface area (Å²) in [5, 5.41) is 3.12. The average molecular weight is 290 g/mol. The molecule has 20 heavy (non-hydrogen) atoms. The highest BCUT2D eigenvalue weighted by atomic mass is 32.1. The minimum atomic E-state index is 0.720. The third-order valence-corrected chi connectivity index (χ3v) is 4.41. The van der Waals surface area contributed by atoms with Crippen LogP contribution in [-0.4, -0.2) is 38.3 Å². The van der Waals surface area contributed by atoms with Crippen LogP contribution >= 0.6 is 11.3 Å². The highest BCUT2D eigenvalue weighted by Crippen LogP contribution is 2.33. The van der Waals surface area contributed by atoms with E-state index >= 15 is 0 Å². The zero-order chi connectivity index (χ0) is 13.9. The molecule has 1 aliphatic heterocycles. The Morgan fingerprint density at radius 3 is 2.60 bits per heavy atom. The molecule has 0 bridgehead atoms. The molecular weight excluding hydrogens is 272 g/mol. The normalized spacial score (nSPS) is 15.4. The number of anilines is 3. The summed E-state index contributed by atoms with van der Waals surface area (Å²) in [5.41, 5.74) is 7.94. The summed E-state index contributed by atoms with van der Waals surface area (Å²) in [7, 11) is 1.65. The molecule has 0 saturated carbocycles. The van der Waals surface area contributed by atoms with Gasteiger partial charge in [-0.1, -0.05) is 6.07 Å². The zero-order valence-corrected chi connectivity index (χ0v) is 12.3. The maximum absolute atomic E-state index is 6.16. The lowest BCUT2D eigenvalue weighted by Gasteiger charge is -2.36. The Labute approximate surface area is 122 Å². The van der Waals surface area contributed by atoms with Gasteiger partial charge in [-0.05, 0) is 12.1 Å². The Kier molecular flexibility index (Phi) is 3.64. The van der Waals surface area contributed by atoms with E-state index in [4.69, 9.17) is 10.5 Å². The first-order chi connectivity index (χ1) is 9.79. The van der Waals surface area contributed by atoms with Gasteiger partial charge in [0.2, 0.25) is 0 Å². The van der Waals surface area contributed by atoms with E-state index in [0.717, 1.165) is 48.4 Å². The predicted octanol–water partition coefficient (Wildman–Crippen LogP) is 2.06. The van der Waals surface area contributed by atoms with Crippen LogP contribution in [0.2, 0.25) is 0 Å². The first kappa shape index (κ1) is 13.1. The number of methoxy groups -OCH3 is 1. The second kappa shape index (κ2) is 5.58. The second-order valence-electron chi connectivity index (χ2n) is 4.68. The van der Waals surface area contributed by atoms with Gasteiger partial charge in [0, 0.05) is 37.8 Å². The molecule has 2 heterocycles. The van der Waals surface area contributed by atoms with E-state index in [1.807, 2.05) is 23.7 Å². The molecule has 2 aromatic rings. The van der Waals surface area contributed by atoms with E-state index in [0.29, 0.717) is 0 Å². The molecule has 0 unspecified atom stereocenters. The van der Waals surface area contributed by atoms with E-state index < -0.39 is 0 Å². The summed E-state index contributed by atoms with van der Waals surface area (Å²) >= 11 is 1.69. The predicted molar refractivity (Wildman–Crippen MR) is 83.9 cm³/mol. The first-order valence-corrected chi connectivity index (χ1v) is 7.49. The summed E-state index contributed by atoms with van der Waals surface area (Å²) in [6.45, 7) is 3.81. The van der Waals surface area contributed by atoms with Crippen LogP contribution in [0.25, 0.3) is 0 Å². The summed E-state index contributed by atoms with van der Waals surface area (Å²) in [6.07, 6.45) is 1.85. The molecule has 3 rings (SSSR count). The number of nitrogens with zero attached hydrogens (tertiary/aromatic N) is 3. The van der Waals surface area contributed by atoms with Crippen LogP contribution < -0.4 is 20.3 Å². The molecule has 2 N–H and O–H groups in total. The molecule has 0 radical (unpaired) electrons. The van der Waals surface area contributed by atoms with Gasteiger partial charge in [0.15, 0.2) is 5.13 Å². The molecule has 0 spiro atoms. The van der Waals surface area contributed by atoms with Crippen molar-refractivity contribution in [1.29, 1.82) is 0 Å². The van der Waals surface area contributed by atoms with Gasteiger partial charge in [-0.2, -0.15) is 0 Å². The largest absolute Gasteiger partial charge is 0.495 e. The van der Waals surface area contributed by atoms with Gasteiger partial charge in [-0.3, -0.25) is 0 Å². The topological polar surface area (TPSA) is 54.6 Å². The summed E-state index contributed by atoms with van der Waals surface area (Å²) < 4.78 is 5.29. The number of hydrogen-bond acceptors (Lipinski definition) is 6. The monoisotopic (exact) mass is 290 g/mol. The highest BCUT2D eigenvalue weighted by Gasteiger charge is 2.21. The van der Waals surface area contributed by atoms with Crippen molar-refractivity contribution in [1.82, 2.24) is 4.98 Å². The number of hydrogen-bond donors (Lipinski definition) is 1. The number of aromatic nitrogens is 1. The molecule has 106 valence electrons. The quantitative estimate of drug-likeness (QED) is 0.877. The third-order valence-electron chi connectivity index (χ3n) is 3.57. The maximum Gasteiger partial charge on any atom is 0.185 e. The number of nitrogen functional groups attached to an aromatic ring is 1. The number of piperazine rings is 1. The Hall–Kier alpha value is -1.95. The van der Waals surface area contributed by atoms with Gasteiger partial charge in [-0.15, -0.1) is 11.3 Å². The maximum atomic E-state index is 6.16. The SMILES string of the molecule is COc1cccc(N2CCN(c3nccs3)CC2)c1N. The fourth-order valence-electron chi connectivity index (χ4n) is 2.50. The van der Waals surface area contributed by atoms with Crippen LogP contribution in [0.1, 0.15) is 0 Å². The zero-order valence-electron chi connectivity index (χ0n) is 11.5. The van der Waals surface area contributed by atoms with Crippen molar-refractivity contribution in [3.8, 4) is 5.75 Å². The van der Waals surface area contributed by atoms with E-state index in [2.05, 4.69) is 20.9 Å². The Morgan fingerprint density at radius 1 is 1.20 bits per heavy atom. The van der Waals surface area contributed by atoms with Gasteiger partial charge >= 0.3 is 0 Å². The van der Waals surface area contributed by atoms with Gasteiger partial charge in [0.1, 0.15) is 5.75 Å². The minimum absolute atomic E-state index is 0.720. The molecule has 1 saturated heterocycles. The summed E-state index contributed by atoms with van der Waals surface area (Å²) in [5.74, 6) is 0.741. The number of nitrogens with two attached hydrogens (primary N) is 1. The lowest BCUT2D eigenvalue weighted by molar-refractivity contribution is 0.417. The molecule has 1 aromatic heterocycles. The molecule has 6 heteroatoms. The standard InChI is InChI=1S/C14H18N4OS/c1-19-12-4-2-3-11(13(12)15)17-6-8-18(9-7-17)14-16-5-10-20-14/h2-5,10H,6-9,15H2,1H3.